The van der Waals surface area contributed by atoms with Gasteiger partial charge in [-0.1, -0.05) is 13.3 Å². The van der Waals surface area contributed by atoms with Crippen molar-refractivity contribution in [3.8, 4) is 0 Å². The average Bonchev–Trinajstić information content (AvgIpc) is 2.04. The van der Waals surface area contributed by atoms with Gasteiger partial charge in [-0.25, -0.2) is 8.42 Å². The summed E-state index contributed by atoms with van der Waals surface area (Å²) >= 11 is 0. The summed E-state index contributed by atoms with van der Waals surface area (Å²) < 4.78 is 32.1. The van der Waals surface area contributed by atoms with Crippen molar-refractivity contribution < 1.29 is 47.6 Å². The summed E-state index contributed by atoms with van der Waals surface area (Å²) in [6, 6.07) is 0. The molecule has 1 rings (SSSR count). The predicted octanol–water partition coefficient (Wildman–Crippen LogP) is -2.18. The Morgan fingerprint density at radius 3 is 2.14 bits per heavy atom. The van der Waals surface area contributed by atoms with E-state index in [1.165, 1.54) is 0 Å². The van der Waals surface area contributed by atoms with Crippen LogP contribution in [0.1, 0.15) is 39.0 Å². The number of hydrogen-bond donors (Lipinski definition) is 1. The van der Waals surface area contributed by atoms with E-state index in [1.807, 2.05) is 6.92 Å². The van der Waals surface area contributed by atoms with E-state index in [0.717, 1.165) is 6.42 Å². The molecule has 0 radical (unpaired) electrons. The zero-order valence-corrected chi connectivity index (χ0v) is 11.5. The van der Waals surface area contributed by atoms with E-state index >= 15 is 0 Å². The SMILES string of the molecule is CCC1CCC(O)(S(=O)(=O)[O-])CC1.[Na+]. The molecule has 0 aromatic heterocycles. The van der Waals surface area contributed by atoms with E-state index in [2.05, 4.69) is 0 Å². The summed E-state index contributed by atoms with van der Waals surface area (Å²) in [5.74, 6) is 0.460. The fourth-order valence-corrected chi connectivity index (χ4v) is 2.52. The van der Waals surface area contributed by atoms with E-state index in [9.17, 15) is 18.1 Å². The van der Waals surface area contributed by atoms with Crippen molar-refractivity contribution in [1.29, 1.82) is 0 Å². The molecule has 0 aliphatic heterocycles. The molecular formula is C8H15NaO4S. The van der Waals surface area contributed by atoms with Crippen LogP contribution in [0.4, 0.5) is 0 Å². The van der Waals surface area contributed by atoms with Gasteiger partial charge in [-0.2, -0.15) is 0 Å². The molecule has 1 aliphatic carbocycles. The van der Waals surface area contributed by atoms with Gasteiger partial charge in [0.1, 0.15) is 10.1 Å². The maximum Gasteiger partial charge on any atom is 1.00 e. The van der Waals surface area contributed by atoms with Crippen molar-refractivity contribution in [3.05, 3.63) is 0 Å². The van der Waals surface area contributed by atoms with Crippen LogP contribution in [0.5, 0.6) is 0 Å². The number of aliphatic hydroxyl groups is 1. The second-order valence-electron chi connectivity index (χ2n) is 3.75. The van der Waals surface area contributed by atoms with Gasteiger partial charge in [0.15, 0.2) is 4.93 Å². The fraction of sp³-hybridized carbons (Fsp3) is 1.00. The maximum atomic E-state index is 10.7. The van der Waals surface area contributed by atoms with Gasteiger partial charge in [-0.3, -0.25) is 0 Å². The predicted molar refractivity (Wildman–Crippen MR) is 46.9 cm³/mol. The Balaban J connectivity index is 0.00000169. The molecule has 0 aromatic carbocycles. The van der Waals surface area contributed by atoms with Crippen LogP contribution in [0.25, 0.3) is 0 Å². The van der Waals surface area contributed by atoms with Crippen LogP contribution in [0.3, 0.4) is 0 Å². The van der Waals surface area contributed by atoms with Crippen molar-refractivity contribution >= 4 is 10.1 Å². The molecule has 1 N–H and O–H groups in total. The van der Waals surface area contributed by atoms with E-state index < -0.39 is 15.1 Å². The molecule has 0 atom stereocenters. The molecule has 78 valence electrons. The van der Waals surface area contributed by atoms with Crippen LogP contribution in [0, 0.1) is 5.92 Å². The van der Waals surface area contributed by atoms with Crippen molar-refractivity contribution in [2.24, 2.45) is 5.92 Å². The molecule has 1 saturated carbocycles. The summed E-state index contributed by atoms with van der Waals surface area (Å²) in [7, 11) is -4.55. The zero-order valence-electron chi connectivity index (χ0n) is 8.69. The molecule has 4 nitrogen and oxygen atoms in total. The van der Waals surface area contributed by atoms with E-state index in [1.54, 1.807) is 0 Å². The van der Waals surface area contributed by atoms with Crippen LogP contribution < -0.4 is 29.6 Å². The van der Waals surface area contributed by atoms with Gasteiger partial charge in [0, 0.05) is 0 Å². The van der Waals surface area contributed by atoms with Gasteiger partial charge < -0.3 is 9.66 Å². The first-order chi connectivity index (χ1) is 5.89. The molecule has 0 heterocycles. The summed E-state index contributed by atoms with van der Waals surface area (Å²) in [5.41, 5.74) is 0. The standard InChI is InChI=1S/C8H16O4S.Na/c1-2-7-3-5-8(9,6-4-7)13(10,11)12;/h7,9H,2-6H2,1H3,(H,10,11,12);/q;+1/p-1. The van der Waals surface area contributed by atoms with E-state index in [-0.39, 0.29) is 42.4 Å². The minimum Gasteiger partial charge on any atom is -0.746 e. The normalized spacial score (nSPS) is 33.5. The summed E-state index contributed by atoms with van der Waals surface area (Å²) in [6.45, 7) is 2.03. The van der Waals surface area contributed by atoms with E-state index in [0.29, 0.717) is 18.8 Å². The second kappa shape index (κ2) is 5.27. The second-order valence-corrected chi connectivity index (χ2v) is 5.42. The van der Waals surface area contributed by atoms with Gasteiger partial charge in [-0.05, 0) is 31.6 Å². The minimum atomic E-state index is -4.55. The molecule has 0 saturated heterocycles. The van der Waals surface area contributed by atoms with Crippen molar-refractivity contribution in [2.45, 2.75) is 44.0 Å². The molecule has 1 fully saturated rings. The Kier molecular flexibility index (Phi) is 5.60. The van der Waals surface area contributed by atoms with Crippen LogP contribution in [-0.4, -0.2) is 23.0 Å². The molecule has 0 amide bonds. The number of rotatable bonds is 2. The Morgan fingerprint density at radius 1 is 1.43 bits per heavy atom. The average molecular weight is 230 g/mol. The Labute approximate surface area is 107 Å². The summed E-state index contributed by atoms with van der Waals surface area (Å²) in [4.78, 5) is -1.99. The van der Waals surface area contributed by atoms with Crippen molar-refractivity contribution in [2.75, 3.05) is 0 Å². The third-order valence-corrected chi connectivity index (χ3v) is 4.27. The molecule has 0 spiro atoms. The van der Waals surface area contributed by atoms with Crippen molar-refractivity contribution in [3.63, 3.8) is 0 Å². The van der Waals surface area contributed by atoms with Crippen LogP contribution in [0.2, 0.25) is 0 Å². The van der Waals surface area contributed by atoms with Crippen LogP contribution in [-0.2, 0) is 10.1 Å². The number of hydrogen-bond acceptors (Lipinski definition) is 4. The molecule has 0 aromatic rings. The van der Waals surface area contributed by atoms with Gasteiger partial charge in [0.05, 0.1) is 0 Å². The molecule has 1 aliphatic rings. The first-order valence-corrected chi connectivity index (χ1v) is 5.97. The Hall–Kier alpha value is 0.870. The van der Waals surface area contributed by atoms with Gasteiger partial charge in [0.2, 0.25) is 0 Å². The monoisotopic (exact) mass is 230 g/mol. The molecule has 0 unspecified atom stereocenters. The first kappa shape index (κ1) is 14.9. The molecule has 14 heavy (non-hydrogen) atoms. The Bertz CT molecular complexity index is 267. The third-order valence-electron chi connectivity index (χ3n) is 2.93. The Morgan fingerprint density at radius 2 is 1.86 bits per heavy atom. The summed E-state index contributed by atoms with van der Waals surface area (Å²) in [6.07, 6.45) is 2.44. The van der Waals surface area contributed by atoms with Gasteiger partial charge in [0.25, 0.3) is 0 Å². The van der Waals surface area contributed by atoms with Gasteiger partial charge >= 0.3 is 29.6 Å². The van der Waals surface area contributed by atoms with E-state index in [4.69, 9.17) is 0 Å². The van der Waals surface area contributed by atoms with Gasteiger partial charge in [-0.15, -0.1) is 0 Å². The molecular weight excluding hydrogens is 215 g/mol. The minimum absolute atomic E-state index is 0. The first-order valence-electron chi connectivity index (χ1n) is 4.57. The van der Waals surface area contributed by atoms with Crippen LogP contribution in [0.15, 0.2) is 0 Å². The largest absolute Gasteiger partial charge is 1.00 e. The topological polar surface area (TPSA) is 77.4 Å². The molecule has 0 bridgehead atoms. The maximum absolute atomic E-state index is 10.7. The van der Waals surface area contributed by atoms with Crippen LogP contribution >= 0.6 is 0 Å². The molecule has 6 heteroatoms. The van der Waals surface area contributed by atoms with Crippen molar-refractivity contribution in [1.82, 2.24) is 0 Å². The summed E-state index contributed by atoms with van der Waals surface area (Å²) in [5, 5.41) is 9.52. The quantitative estimate of drug-likeness (QED) is 0.432. The fourth-order valence-electron chi connectivity index (χ4n) is 1.79. The zero-order chi connectivity index (χ0) is 10.1. The third kappa shape index (κ3) is 3.18. The smallest absolute Gasteiger partial charge is 0.746 e.